The van der Waals surface area contributed by atoms with Crippen LogP contribution in [0.15, 0.2) is 48.6 Å². The number of ether oxygens (including phenoxy) is 2. The fraction of sp³-hybridized carbons (Fsp3) is 0.458. The van der Waals surface area contributed by atoms with Crippen molar-refractivity contribution in [2.45, 2.75) is 37.4 Å². The molecular weight excluding hydrogens is 454 g/mol. The molecule has 1 N–H and O–H groups in total. The van der Waals surface area contributed by atoms with Gasteiger partial charge < -0.3 is 24.4 Å². The number of carbonyl (C=O) groups is 3. The minimum atomic E-state index is -1.35. The molecule has 2 unspecified atom stereocenters. The highest BCUT2D eigenvalue weighted by molar-refractivity contribution is 5.99. The molecule has 6 rings (SSSR count). The quantitative estimate of drug-likeness (QED) is 0.474. The van der Waals surface area contributed by atoms with E-state index >= 15 is 0 Å². The third-order valence-electron chi connectivity index (χ3n) is 7.40. The van der Waals surface area contributed by atoms with Crippen LogP contribution in [0.2, 0.25) is 0 Å². The van der Waals surface area contributed by atoms with Crippen LogP contribution in [0, 0.1) is 11.8 Å². The summed E-state index contributed by atoms with van der Waals surface area (Å²) in [5, 5.41) is 18.3. The predicted octanol–water partition coefficient (Wildman–Crippen LogP) is -0.138. The van der Waals surface area contributed by atoms with Gasteiger partial charge in [-0.2, -0.15) is 0 Å². The first-order chi connectivity index (χ1) is 17.0. The molecule has 1 aromatic heterocycles. The summed E-state index contributed by atoms with van der Waals surface area (Å²) in [6, 6.07) is 5.74. The lowest BCUT2D eigenvalue weighted by atomic mass is 9.78. The highest BCUT2D eigenvalue weighted by Gasteiger charge is 2.72. The Balaban J connectivity index is 1.42. The second-order valence-electron chi connectivity index (χ2n) is 9.36. The number of amides is 2. The fourth-order valence-corrected chi connectivity index (χ4v) is 5.83. The maximum absolute atomic E-state index is 14.1. The molecular formula is C24H25N5O6. The van der Waals surface area contributed by atoms with E-state index in [0.717, 1.165) is 5.52 Å². The maximum Gasteiger partial charge on any atom is 0.313 e. The van der Waals surface area contributed by atoms with E-state index in [9.17, 15) is 19.5 Å². The summed E-state index contributed by atoms with van der Waals surface area (Å²) in [4.78, 5) is 43.7. The summed E-state index contributed by atoms with van der Waals surface area (Å²) in [6.07, 6.45) is 6.28. The average molecular weight is 479 g/mol. The van der Waals surface area contributed by atoms with E-state index in [4.69, 9.17) is 9.47 Å². The highest BCUT2D eigenvalue weighted by atomic mass is 16.6. The number of hydrogen-bond acceptors (Lipinski definition) is 8. The normalized spacial score (nSPS) is 32.8. The molecule has 2 aromatic rings. The molecule has 1 spiro atoms. The van der Waals surface area contributed by atoms with Gasteiger partial charge in [-0.25, -0.2) is 4.68 Å². The van der Waals surface area contributed by atoms with Crippen molar-refractivity contribution in [1.29, 1.82) is 0 Å². The lowest BCUT2D eigenvalue weighted by Crippen LogP contribution is -2.57. The van der Waals surface area contributed by atoms with Crippen LogP contribution in [0.4, 0.5) is 0 Å². The van der Waals surface area contributed by atoms with Crippen molar-refractivity contribution in [3.63, 3.8) is 0 Å². The zero-order valence-corrected chi connectivity index (χ0v) is 19.1. The Bertz CT molecular complexity index is 1270. The van der Waals surface area contributed by atoms with Crippen LogP contribution in [0.3, 0.4) is 0 Å². The average Bonchev–Trinajstić information content (AvgIpc) is 3.41. The molecule has 6 atom stereocenters. The molecule has 1 aromatic carbocycles. The number of fused-ring (bicyclic) bond motifs is 3. The lowest BCUT2D eigenvalue weighted by Gasteiger charge is -2.37. The molecule has 0 saturated carbocycles. The Kier molecular flexibility index (Phi) is 5.01. The molecule has 5 heterocycles. The van der Waals surface area contributed by atoms with E-state index in [1.54, 1.807) is 40.8 Å². The van der Waals surface area contributed by atoms with Crippen molar-refractivity contribution in [2.75, 3.05) is 19.8 Å². The molecule has 2 fully saturated rings. The second-order valence-corrected chi connectivity index (χ2v) is 9.36. The number of carbonyl (C=O) groups excluding carboxylic acids is 3. The number of aliphatic hydroxyl groups excluding tert-OH is 1. The number of nitrogens with zero attached hydrogens (tertiary/aromatic N) is 5. The van der Waals surface area contributed by atoms with Crippen LogP contribution in [-0.2, 0) is 30.5 Å². The van der Waals surface area contributed by atoms with E-state index < -0.39 is 47.5 Å². The number of cyclic esters (lactones) is 1. The first-order valence-electron chi connectivity index (χ1n) is 11.6. The topological polar surface area (TPSA) is 127 Å². The molecule has 2 saturated heterocycles. The minimum absolute atomic E-state index is 0.109. The van der Waals surface area contributed by atoms with Crippen LogP contribution in [-0.4, -0.2) is 91.2 Å². The minimum Gasteiger partial charge on any atom is -0.461 e. The van der Waals surface area contributed by atoms with Crippen LogP contribution in [0.5, 0.6) is 0 Å². The van der Waals surface area contributed by atoms with Gasteiger partial charge in [-0.1, -0.05) is 35.6 Å². The third kappa shape index (κ3) is 3.08. The number of rotatable bonds is 4. The van der Waals surface area contributed by atoms with Gasteiger partial charge in [-0.15, -0.1) is 5.10 Å². The predicted molar refractivity (Wildman–Crippen MR) is 120 cm³/mol. The van der Waals surface area contributed by atoms with Gasteiger partial charge in [0.15, 0.2) is 0 Å². The third-order valence-corrected chi connectivity index (χ3v) is 7.40. The first-order valence-corrected chi connectivity index (χ1v) is 11.6. The lowest BCUT2D eigenvalue weighted by molar-refractivity contribution is -0.155. The fourth-order valence-electron chi connectivity index (χ4n) is 5.83. The SMILES string of the molecule is CC(CO)N1C(=O)[C@@H]2[C@H]3C(=O)OCC=C[C@H]3OC23C=CCN(Cn2nnc4ccccc42)C(=O)[C@@H]13. The van der Waals surface area contributed by atoms with E-state index in [1.807, 2.05) is 24.3 Å². The summed E-state index contributed by atoms with van der Waals surface area (Å²) in [7, 11) is 0. The van der Waals surface area contributed by atoms with Crippen LogP contribution < -0.4 is 0 Å². The summed E-state index contributed by atoms with van der Waals surface area (Å²) in [5.74, 6) is -3.08. The molecule has 0 radical (unpaired) electrons. The van der Waals surface area contributed by atoms with E-state index in [-0.39, 0.29) is 32.3 Å². The highest BCUT2D eigenvalue weighted by Crippen LogP contribution is 2.53. The Hall–Kier alpha value is -3.57. The van der Waals surface area contributed by atoms with Gasteiger partial charge in [-0.05, 0) is 25.1 Å². The number of para-hydroxylation sites is 1. The van der Waals surface area contributed by atoms with Crippen molar-refractivity contribution < 1.29 is 29.0 Å². The zero-order valence-electron chi connectivity index (χ0n) is 19.1. The first kappa shape index (κ1) is 21.9. The van der Waals surface area contributed by atoms with Gasteiger partial charge >= 0.3 is 5.97 Å². The van der Waals surface area contributed by atoms with E-state index in [2.05, 4.69) is 10.3 Å². The number of esters is 1. The number of aliphatic hydroxyl groups is 1. The molecule has 0 bridgehead atoms. The van der Waals surface area contributed by atoms with E-state index in [0.29, 0.717) is 5.52 Å². The maximum atomic E-state index is 14.1. The van der Waals surface area contributed by atoms with Gasteiger partial charge in [0.25, 0.3) is 5.91 Å². The van der Waals surface area contributed by atoms with Crippen molar-refractivity contribution in [3.8, 4) is 0 Å². The van der Waals surface area contributed by atoms with Crippen LogP contribution >= 0.6 is 0 Å². The van der Waals surface area contributed by atoms with Gasteiger partial charge in [0.2, 0.25) is 5.91 Å². The molecule has 182 valence electrons. The Morgan fingerprint density at radius 3 is 2.86 bits per heavy atom. The molecule has 11 nitrogen and oxygen atoms in total. The van der Waals surface area contributed by atoms with Crippen LogP contribution in [0.25, 0.3) is 11.0 Å². The van der Waals surface area contributed by atoms with Gasteiger partial charge in [0.1, 0.15) is 36.4 Å². The Labute approximate surface area is 200 Å². The second kappa shape index (κ2) is 7.99. The largest absolute Gasteiger partial charge is 0.461 e. The number of hydrogen-bond donors (Lipinski definition) is 1. The zero-order chi connectivity index (χ0) is 24.3. The summed E-state index contributed by atoms with van der Waals surface area (Å²) in [5.41, 5.74) is 0.127. The molecule has 0 aliphatic carbocycles. The summed E-state index contributed by atoms with van der Waals surface area (Å²) in [6.45, 7) is 1.82. The molecule has 2 amide bonds. The number of benzene rings is 1. The van der Waals surface area contributed by atoms with Gasteiger partial charge in [-0.3, -0.25) is 14.4 Å². The summed E-state index contributed by atoms with van der Waals surface area (Å²) >= 11 is 0. The smallest absolute Gasteiger partial charge is 0.313 e. The van der Waals surface area contributed by atoms with Crippen molar-refractivity contribution in [1.82, 2.24) is 24.8 Å². The van der Waals surface area contributed by atoms with Gasteiger partial charge in [0, 0.05) is 6.54 Å². The summed E-state index contributed by atoms with van der Waals surface area (Å²) < 4.78 is 13.4. The molecule has 35 heavy (non-hydrogen) atoms. The molecule has 4 aliphatic rings. The number of likely N-dealkylation sites (tertiary alicyclic amines) is 1. The number of aromatic nitrogens is 3. The standard InChI is InChI=1S/C24H25N5O6/c1-14(12-30)29-20-22(32)27(13-28-16-7-3-2-6-15(16)25-26-28)10-5-9-24(20)19(21(29)31)18-17(35-24)8-4-11-34-23(18)33/h2-9,14,17-20,30H,10-13H2,1H3/t14?,17-,18+,19+,20-,24?/m1/s1. The molecule has 11 heteroatoms. The molecule has 4 aliphatic heterocycles. The van der Waals surface area contributed by atoms with Gasteiger partial charge in [0.05, 0.1) is 30.2 Å². The monoisotopic (exact) mass is 479 g/mol. The van der Waals surface area contributed by atoms with E-state index in [1.165, 1.54) is 4.90 Å². The Morgan fingerprint density at radius 2 is 2.03 bits per heavy atom. The van der Waals surface area contributed by atoms with Crippen molar-refractivity contribution in [3.05, 3.63) is 48.6 Å². The van der Waals surface area contributed by atoms with Crippen LogP contribution in [0.1, 0.15) is 6.92 Å². The Morgan fingerprint density at radius 1 is 1.20 bits per heavy atom. The van der Waals surface area contributed by atoms with Crippen molar-refractivity contribution >= 4 is 28.8 Å². The van der Waals surface area contributed by atoms with Crippen molar-refractivity contribution in [2.24, 2.45) is 11.8 Å².